The molecule has 0 aliphatic carbocycles. The molecule has 41 nitrogen and oxygen atoms in total. The Morgan fingerprint density at radius 1 is 0.703 bits per heavy atom. The molecular weight excluding hydrogens is 1560 g/mol. The number of para-hydroxylation sites is 1. The maximum atomic E-state index is 15.3. The third kappa shape index (κ3) is 29.5. The highest BCUT2D eigenvalue weighted by Gasteiger charge is 2.45. The van der Waals surface area contributed by atoms with Gasteiger partial charge in [0.15, 0.2) is 11.7 Å². The number of aliphatic imine (C=N–C) groups is 1. The van der Waals surface area contributed by atoms with Crippen LogP contribution in [0.25, 0.3) is 10.9 Å². The number of carbonyl (C=O) groups is 17. The van der Waals surface area contributed by atoms with Crippen molar-refractivity contribution >= 4 is 128 Å². The van der Waals surface area contributed by atoms with E-state index in [9.17, 15) is 80.4 Å². The van der Waals surface area contributed by atoms with Crippen molar-refractivity contribution in [1.29, 1.82) is 0 Å². The number of ether oxygens (including phenoxy) is 1. The Hall–Kier alpha value is -11.7. The lowest BCUT2D eigenvalue weighted by molar-refractivity contribution is -0.158. The topological polar surface area (TPSA) is 636 Å². The number of Topliss-reactive ketones (excluding diaryl/α,β-unsaturated/α-hetero) is 1. The molecule has 15 unspecified atom stereocenters. The van der Waals surface area contributed by atoms with Gasteiger partial charge in [0.2, 0.25) is 89.1 Å². The lowest BCUT2D eigenvalue weighted by Gasteiger charge is -2.34. The molecule has 15 amide bonds. The first-order valence-corrected chi connectivity index (χ1v) is 40.2. The van der Waals surface area contributed by atoms with Crippen molar-refractivity contribution in [2.75, 3.05) is 39.5 Å². The minimum absolute atomic E-state index is 0.0223. The number of nitrogens with one attached hydrogen (secondary N) is 11. The van der Waals surface area contributed by atoms with Gasteiger partial charge in [0.25, 0.3) is 10.1 Å². The number of aromatic amines is 1. The summed E-state index contributed by atoms with van der Waals surface area (Å²) in [4.78, 5) is 249. The number of likely N-dealkylation sites (N-methyl/N-ethyl adjacent to an activating group) is 2. The van der Waals surface area contributed by atoms with E-state index < -0.39 is 263 Å². The summed E-state index contributed by atoms with van der Waals surface area (Å²) >= 11 is 0. The number of aromatic nitrogens is 1. The van der Waals surface area contributed by atoms with Crippen LogP contribution in [0.1, 0.15) is 131 Å². The fourth-order valence-electron chi connectivity index (χ4n) is 13.5. The number of nitrogens with two attached hydrogens (primary N) is 4. The van der Waals surface area contributed by atoms with E-state index in [0.717, 1.165) is 27.9 Å². The number of H-pyrrole nitrogens is 1. The number of fused-ring (bicyclic) bond motifs is 1. The predicted octanol–water partition coefficient (Wildman–Crippen LogP) is -4.93. The number of guanidine groups is 1. The highest BCUT2D eigenvalue weighted by molar-refractivity contribution is 7.85. The Morgan fingerprint density at radius 3 is 1.92 bits per heavy atom. The van der Waals surface area contributed by atoms with Gasteiger partial charge < -0.3 is 106 Å². The zero-order chi connectivity index (χ0) is 88.3. The molecule has 2 saturated heterocycles. The van der Waals surface area contributed by atoms with Crippen molar-refractivity contribution in [1.82, 2.24) is 72.9 Å². The Balaban J connectivity index is 1.53. The number of hydrogen-bond acceptors (Lipinski definition) is 22. The zero-order valence-electron chi connectivity index (χ0n) is 67.9. The van der Waals surface area contributed by atoms with Crippen molar-refractivity contribution in [3.8, 4) is 0 Å². The molecule has 15 atom stereocenters. The second-order valence-electron chi connectivity index (χ2n) is 30.6. The molecule has 0 radical (unpaired) electrons. The Labute approximate surface area is 682 Å². The van der Waals surface area contributed by atoms with Crippen molar-refractivity contribution in [2.45, 2.75) is 218 Å². The van der Waals surface area contributed by atoms with Crippen molar-refractivity contribution in [3.05, 3.63) is 71.9 Å². The van der Waals surface area contributed by atoms with E-state index in [2.05, 4.69) is 63.1 Å². The molecule has 21 N–H and O–H groups in total. The number of rotatable bonds is 38. The fourth-order valence-corrected chi connectivity index (χ4v) is 14.2. The lowest BCUT2D eigenvalue weighted by atomic mass is 9.85. The average Bonchev–Trinajstić information content (AvgIpc) is 1.72. The summed E-state index contributed by atoms with van der Waals surface area (Å²) < 4.78 is 42.1. The number of esters is 1. The number of aliphatic hydroxyl groups is 1. The molecule has 42 heteroatoms. The van der Waals surface area contributed by atoms with Crippen LogP contribution in [-0.4, -0.2) is 269 Å². The van der Waals surface area contributed by atoms with E-state index in [1.54, 1.807) is 102 Å². The van der Waals surface area contributed by atoms with Crippen LogP contribution in [0.4, 0.5) is 0 Å². The number of aliphatic hydroxyl groups excluding tert-OH is 1. The average molecular weight is 1680 g/mol. The molecular formula is C76H113N19O22S. The van der Waals surface area contributed by atoms with Crippen LogP contribution in [0.15, 0.2) is 65.8 Å². The van der Waals surface area contributed by atoms with E-state index in [0.29, 0.717) is 44.7 Å². The number of amides is 15. The molecule has 0 saturated carbocycles. The molecule has 1 aromatic heterocycles. The monoisotopic (exact) mass is 1680 g/mol. The van der Waals surface area contributed by atoms with Gasteiger partial charge in [-0.1, -0.05) is 90.1 Å². The number of nitrogens with zero attached hydrogens (tertiary/aromatic N) is 4. The normalized spacial score (nSPS) is 20.7. The quantitative estimate of drug-likeness (QED) is 0.00638. The minimum Gasteiger partial charge on any atom is -0.459 e. The Morgan fingerprint density at radius 2 is 1.32 bits per heavy atom. The third-order valence-electron chi connectivity index (χ3n) is 19.9. The summed E-state index contributed by atoms with van der Waals surface area (Å²) in [7, 11) is -3.43. The number of ketones is 1. The van der Waals surface area contributed by atoms with Gasteiger partial charge in [-0.25, -0.2) is 0 Å². The first kappa shape index (κ1) is 96.9. The largest absolute Gasteiger partial charge is 0.459 e. The Bertz CT molecular complexity index is 4270. The van der Waals surface area contributed by atoms with Crippen molar-refractivity contribution in [3.63, 3.8) is 0 Å². The number of cyclic esters (lactones) is 1. The van der Waals surface area contributed by atoms with Crippen LogP contribution >= 0.6 is 0 Å². The van der Waals surface area contributed by atoms with Gasteiger partial charge in [-0.2, -0.15) is 8.42 Å². The van der Waals surface area contributed by atoms with E-state index >= 15 is 19.2 Å². The molecule has 650 valence electrons. The molecule has 118 heavy (non-hydrogen) atoms. The maximum absolute atomic E-state index is 15.3. The first-order chi connectivity index (χ1) is 55.3. The van der Waals surface area contributed by atoms with Crippen LogP contribution < -0.4 is 76.1 Å². The maximum Gasteiger partial charge on any atom is 0.325 e. The number of benzene rings is 2. The van der Waals surface area contributed by atoms with Crippen LogP contribution in [0.3, 0.4) is 0 Å². The van der Waals surface area contributed by atoms with Gasteiger partial charge in [-0.3, -0.25) is 91.1 Å². The van der Waals surface area contributed by atoms with Crippen LogP contribution in [-0.2, 0) is 109 Å². The second-order valence-corrected chi connectivity index (χ2v) is 32.1. The molecule has 2 aliphatic heterocycles. The zero-order valence-corrected chi connectivity index (χ0v) is 68.7. The van der Waals surface area contributed by atoms with Gasteiger partial charge in [0.05, 0.1) is 18.6 Å². The highest BCUT2D eigenvalue weighted by Crippen LogP contribution is 2.26. The molecule has 2 aromatic carbocycles. The van der Waals surface area contributed by atoms with E-state index in [1.165, 1.54) is 11.8 Å². The SMILES string of the molecule is CC(C)CC1NC(=O)C(CCC(N)=O)N(C)C(=O)C(NC(=O)C(CS(=O)(=O)O)NC(=O)C(CCCN=C(N)N)NC(=O)C(Cc2c[nH]c3ccccc23)NC(=O)C(CC(=O)C(NC(=O)C2CCCN2C(=O)C(Cc2ccccc2)NC(=O)C(C)NC=O)C(C)C)C(C)C)C(C)OC(=O)CN(C)C(=O)C(CC(N)=O)NC(=O)C(C(C)O)NC1=O. The summed E-state index contributed by atoms with van der Waals surface area (Å²) in [5, 5.41) is 35.9. The van der Waals surface area contributed by atoms with Gasteiger partial charge in [0.1, 0.15) is 84.9 Å². The van der Waals surface area contributed by atoms with Crippen molar-refractivity contribution in [2.24, 2.45) is 51.6 Å². The Kier molecular flexibility index (Phi) is 37.1. The lowest BCUT2D eigenvalue weighted by Crippen LogP contribution is -2.63. The standard InChI is InChI=1S/C76H113N19O22S/c1-38(2)29-50-68(106)91-62(42(8)97)72(110)88-53(33-59(78)100)73(111)93(10)35-60(101)117-43(9)63(75(113)94(11)55(70(108)86-50)25-26-58(77)99)92-69(107)54(36-118(114,115)116)89-66(104)49(23-17-27-81-76(79)80)84-67(105)51(31-45-34-82-48-22-16-15-21-46(45)48)85-65(103)47(39(3)4)32-57(98)61(40(5)6)90-71(109)56-24-18-28-95(56)74(112)52(30-44-19-13-12-14-20-44)87-64(102)41(7)83-37-96/h12-16,19-22,34,37-43,47,49-56,61-63,82,97H,17-18,23-33,35-36H2,1-11H3,(H2,77,99)(H2,78,100)(H,83,96)(H,84,105)(H,85,103)(H,86,108)(H,87,102)(H,88,110)(H,89,104)(H,90,109)(H,91,106)(H,92,107)(H4,79,80,81)(H,114,115,116). The fraction of sp³-hybridized carbons (Fsp3) is 0.579. The summed E-state index contributed by atoms with van der Waals surface area (Å²) in [5.41, 5.74) is 23.9. The molecule has 3 heterocycles. The summed E-state index contributed by atoms with van der Waals surface area (Å²) in [5.74, 6) is -22.3. The smallest absolute Gasteiger partial charge is 0.325 e. The molecule has 0 spiro atoms. The summed E-state index contributed by atoms with van der Waals surface area (Å²) in [6.45, 7) is 12.2. The van der Waals surface area contributed by atoms with Gasteiger partial charge in [-0.05, 0) is 94.2 Å². The van der Waals surface area contributed by atoms with E-state index in [-0.39, 0.29) is 45.2 Å². The molecule has 2 fully saturated rings. The highest BCUT2D eigenvalue weighted by atomic mass is 32.2. The number of hydrogen-bond donors (Lipinski definition) is 17. The van der Waals surface area contributed by atoms with Gasteiger partial charge in [0, 0.05) is 75.9 Å². The second kappa shape index (κ2) is 45.1. The number of primary amides is 2. The van der Waals surface area contributed by atoms with Crippen LogP contribution in [0, 0.1) is 23.7 Å². The van der Waals surface area contributed by atoms with Crippen LogP contribution in [0.5, 0.6) is 0 Å². The molecule has 5 rings (SSSR count). The minimum atomic E-state index is -5.42. The predicted molar refractivity (Wildman–Crippen MR) is 425 cm³/mol. The summed E-state index contributed by atoms with van der Waals surface area (Å²) in [6, 6.07) is -4.55. The molecule has 2 aliphatic rings. The van der Waals surface area contributed by atoms with Gasteiger partial charge in [-0.15, -0.1) is 0 Å². The molecule has 3 aromatic rings. The molecule has 0 bridgehead atoms. The van der Waals surface area contributed by atoms with Crippen LogP contribution in [0.2, 0.25) is 0 Å². The first-order valence-electron chi connectivity index (χ1n) is 38.6. The number of carbonyl (C=O) groups excluding carboxylic acids is 17. The van der Waals surface area contributed by atoms with Gasteiger partial charge >= 0.3 is 5.97 Å². The van der Waals surface area contributed by atoms with E-state index in [4.69, 9.17) is 27.7 Å². The number of likely N-dealkylation sites (tertiary alicyclic amines) is 1. The van der Waals surface area contributed by atoms with E-state index in [1.807, 2.05) is 0 Å². The third-order valence-corrected chi connectivity index (χ3v) is 20.7. The van der Waals surface area contributed by atoms with Crippen molar-refractivity contribution < 1.29 is 104 Å². The summed E-state index contributed by atoms with van der Waals surface area (Å²) in [6.07, 6.45) is -5.10.